The van der Waals surface area contributed by atoms with Crippen LogP contribution in [0.15, 0.2) is 18.2 Å². The third-order valence-corrected chi connectivity index (χ3v) is 3.08. The molecule has 0 aliphatic carbocycles. The molecule has 0 heterocycles. The predicted molar refractivity (Wildman–Crippen MR) is 88.0 cm³/mol. The van der Waals surface area contributed by atoms with Crippen molar-refractivity contribution in [1.29, 1.82) is 0 Å². The topological polar surface area (TPSA) is 75.6 Å². The number of carboxylic acids is 1. The standard InChI is InChI=1S/C16H23NO4.ClH/c1-10(2)12-6-5-7-13(11(3)4)16(12)21-15(20)9-17-8-14(18)19;/h5-7,10-11,17H,8-9H2,1-4H3,(H,18,19);1H. The van der Waals surface area contributed by atoms with Crippen molar-refractivity contribution in [1.82, 2.24) is 5.32 Å². The zero-order valence-electron chi connectivity index (χ0n) is 13.4. The molecule has 1 aromatic carbocycles. The predicted octanol–water partition coefficient (Wildman–Crippen LogP) is 2.93. The molecule has 0 atom stereocenters. The Kier molecular flexibility index (Phi) is 8.75. The normalized spacial score (nSPS) is 10.5. The number of ether oxygens (including phenoxy) is 1. The minimum atomic E-state index is -1.01. The second-order valence-electron chi connectivity index (χ2n) is 5.55. The maximum absolute atomic E-state index is 11.9. The molecule has 5 nitrogen and oxygen atoms in total. The molecule has 0 amide bonds. The molecule has 0 saturated heterocycles. The van der Waals surface area contributed by atoms with Gasteiger partial charge in [-0.3, -0.25) is 14.9 Å². The summed E-state index contributed by atoms with van der Waals surface area (Å²) < 4.78 is 5.49. The maximum Gasteiger partial charge on any atom is 0.325 e. The summed E-state index contributed by atoms with van der Waals surface area (Å²) in [5.41, 5.74) is 1.96. The van der Waals surface area contributed by atoms with Gasteiger partial charge >= 0.3 is 11.9 Å². The summed E-state index contributed by atoms with van der Waals surface area (Å²) >= 11 is 0. The second-order valence-corrected chi connectivity index (χ2v) is 5.55. The first kappa shape index (κ1) is 20.4. The van der Waals surface area contributed by atoms with Crippen LogP contribution < -0.4 is 10.1 Å². The quantitative estimate of drug-likeness (QED) is 0.594. The molecule has 0 spiro atoms. The number of benzene rings is 1. The van der Waals surface area contributed by atoms with Gasteiger partial charge in [-0.15, -0.1) is 12.4 Å². The summed E-state index contributed by atoms with van der Waals surface area (Å²) in [5, 5.41) is 11.1. The molecule has 1 rings (SSSR count). The fraction of sp³-hybridized carbons (Fsp3) is 0.500. The molecule has 0 aliphatic heterocycles. The number of rotatable bonds is 7. The first-order chi connectivity index (χ1) is 9.82. The molecular weight excluding hydrogens is 306 g/mol. The van der Waals surface area contributed by atoms with Gasteiger partial charge in [-0.25, -0.2) is 0 Å². The van der Waals surface area contributed by atoms with Gasteiger partial charge in [0, 0.05) is 0 Å². The number of halogens is 1. The van der Waals surface area contributed by atoms with Gasteiger partial charge in [0.05, 0.1) is 13.1 Å². The first-order valence-corrected chi connectivity index (χ1v) is 7.09. The third-order valence-electron chi connectivity index (χ3n) is 3.08. The summed E-state index contributed by atoms with van der Waals surface area (Å²) in [5.74, 6) is -0.416. The number of para-hydroxylation sites is 1. The number of carboxylic acid groups (broad SMARTS) is 1. The van der Waals surface area contributed by atoms with E-state index in [0.717, 1.165) is 11.1 Å². The van der Waals surface area contributed by atoms with Crippen molar-refractivity contribution in [2.24, 2.45) is 0 Å². The number of carbonyl (C=O) groups excluding carboxylic acids is 1. The average Bonchev–Trinajstić information content (AvgIpc) is 2.37. The molecule has 2 N–H and O–H groups in total. The Morgan fingerprint density at radius 3 is 2.00 bits per heavy atom. The van der Waals surface area contributed by atoms with Gasteiger partial charge in [-0.05, 0) is 23.0 Å². The Morgan fingerprint density at radius 1 is 1.09 bits per heavy atom. The zero-order chi connectivity index (χ0) is 16.0. The number of hydrogen-bond acceptors (Lipinski definition) is 4. The minimum Gasteiger partial charge on any atom is -0.480 e. The molecule has 0 radical (unpaired) electrons. The number of aliphatic carboxylic acids is 1. The van der Waals surface area contributed by atoms with Crippen LogP contribution in [0.5, 0.6) is 5.75 Å². The van der Waals surface area contributed by atoms with Crippen LogP contribution in [0.3, 0.4) is 0 Å². The molecule has 124 valence electrons. The Hall–Kier alpha value is -1.59. The van der Waals surface area contributed by atoms with E-state index in [4.69, 9.17) is 9.84 Å². The molecule has 0 bridgehead atoms. The van der Waals surface area contributed by atoms with Crippen molar-refractivity contribution in [2.75, 3.05) is 13.1 Å². The van der Waals surface area contributed by atoms with Gasteiger partial charge in [0.2, 0.25) is 0 Å². The van der Waals surface area contributed by atoms with Crippen LogP contribution in [0, 0.1) is 0 Å². The van der Waals surface area contributed by atoms with Gasteiger partial charge < -0.3 is 9.84 Å². The first-order valence-electron chi connectivity index (χ1n) is 7.09. The smallest absolute Gasteiger partial charge is 0.325 e. The number of esters is 1. The highest BCUT2D eigenvalue weighted by Crippen LogP contribution is 2.34. The zero-order valence-corrected chi connectivity index (χ0v) is 14.2. The maximum atomic E-state index is 11.9. The van der Waals surface area contributed by atoms with Gasteiger partial charge in [0.25, 0.3) is 0 Å². The molecule has 0 aromatic heterocycles. The summed E-state index contributed by atoms with van der Waals surface area (Å²) in [6, 6.07) is 5.86. The number of hydrogen-bond donors (Lipinski definition) is 2. The van der Waals surface area contributed by atoms with Gasteiger partial charge in [-0.2, -0.15) is 0 Å². The van der Waals surface area contributed by atoms with Crippen LogP contribution >= 0.6 is 12.4 Å². The van der Waals surface area contributed by atoms with Gasteiger partial charge in [0.1, 0.15) is 5.75 Å². The Morgan fingerprint density at radius 2 is 1.59 bits per heavy atom. The van der Waals surface area contributed by atoms with Gasteiger partial charge in [0.15, 0.2) is 0 Å². The van der Waals surface area contributed by atoms with E-state index in [2.05, 4.69) is 5.32 Å². The molecule has 0 unspecified atom stereocenters. The number of carbonyl (C=O) groups is 2. The van der Waals surface area contributed by atoms with Crippen molar-refractivity contribution in [2.45, 2.75) is 39.5 Å². The van der Waals surface area contributed by atoms with Crippen LogP contribution in [0.25, 0.3) is 0 Å². The van der Waals surface area contributed by atoms with Crippen LogP contribution in [0.1, 0.15) is 50.7 Å². The van der Waals surface area contributed by atoms with E-state index >= 15 is 0 Å². The van der Waals surface area contributed by atoms with Crippen molar-refractivity contribution >= 4 is 24.3 Å². The lowest BCUT2D eigenvalue weighted by Crippen LogP contribution is -2.31. The highest BCUT2D eigenvalue weighted by molar-refractivity contribution is 5.85. The van der Waals surface area contributed by atoms with Crippen LogP contribution in [-0.4, -0.2) is 30.1 Å². The molecular formula is C16H24ClNO4. The lowest BCUT2D eigenvalue weighted by molar-refractivity contribution is -0.136. The molecule has 1 aromatic rings. The average molecular weight is 330 g/mol. The van der Waals surface area contributed by atoms with Crippen LogP contribution in [0.4, 0.5) is 0 Å². The second kappa shape index (κ2) is 9.43. The lowest BCUT2D eigenvalue weighted by Gasteiger charge is -2.18. The summed E-state index contributed by atoms with van der Waals surface area (Å²) in [6.45, 7) is 7.77. The van der Waals surface area contributed by atoms with E-state index in [1.807, 2.05) is 45.9 Å². The van der Waals surface area contributed by atoms with E-state index in [1.165, 1.54) is 0 Å². The van der Waals surface area contributed by atoms with Crippen molar-refractivity contribution in [3.05, 3.63) is 29.3 Å². The Bertz CT molecular complexity index is 489. The van der Waals surface area contributed by atoms with E-state index in [9.17, 15) is 9.59 Å². The molecule has 6 heteroatoms. The van der Waals surface area contributed by atoms with Crippen LogP contribution in [-0.2, 0) is 9.59 Å². The summed E-state index contributed by atoms with van der Waals surface area (Å²) in [7, 11) is 0. The van der Waals surface area contributed by atoms with Crippen molar-refractivity contribution in [3.63, 3.8) is 0 Å². The summed E-state index contributed by atoms with van der Waals surface area (Å²) in [6.07, 6.45) is 0. The van der Waals surface area contributed by atoms with E-state index in [0.29, 0.717) is 5.75 Å². The largest absolute Gasteiger partial charge is 0.480 e. The monoisotopic (exact) mass is 329 g/mol. The number of nitrogens with one attached hydrogen (secondary N) is 1. The van der Waals surface area contributed by atoms with E-state index < -0.39 is 11.9 Å². The molecule has 22 heavy (non-hydrogen) atoms. The molecule has 0 aliphatic rings. The minimum absolute atomic E-state index is 0. The van der Waals surface area contributed by atoms with E-state index in [-0.39, 0.29) is 37.3 Å². The lowest BCUT2D eigenvalue weighted by atomic mass is 9.94. The van der Waals surface area contributed by atoms with Gasteiger partial charge in [-0.1, -0.05) is 45.9 Å². The Balaban J connectivity index is 0.00000441. The highest BCUT2D eigenvalue weighted by Gasteiger charge is 2.17. The fourth-order valence-corrected chi connectivity index (χ4v) is 2.02. The van der Waals surface area contributed by atoms with Crippen LogP contribution in [0.2, 0.25) is 0 Å². The SMILES string of the molecule is CC(C)c1cccc(C(C)C)c1OC(=O)CNCC(=O)O.Cl. The van der Waals surface area contributed by atoms with E-state index in [1.54, 1.807) is 0 Å². The summed E-state index contributed by atoms with van der Waals surface area (Å²) in [4.78, 5) is 22.3. The van der Waals surface area contributed by atoms with Crippen molar-refractivity contribution < 1.29 is 19.4 Å². The van der Waals surface area contributed by atoms with Crippen molar-refractivity contribution in [3.8, 4) is 5.75 Å². The molecule has 0 saturated carbocycles. The fourth-order valence-electron chi connectivity index (χ4n) is 2.02. The molecule has 0 fully saturated rings. The highest BCUT2D eigenvalue weighted by atomic mass is 35.5. The third kappa shape index (κ3) is 6.03. The Labute approximate surface area is 137 Å².